The van der Waals surface area contributed by atoms with Crippen molar-refractivity contribution in [2.45, 2.75) is 51.5 Å². The first-order chi connectivity index (χ1) is 7.66. The van der Waals surface area contributed by atoms with Gasteiger partial charge in [-0.05, 0) is 31.1 Å². The predicted molar refractivity (Wildman–Crippen MR) is 65.5 cm³/mol. The van der Waals surface area contributed by atoms with E-state index in [0.29, 0.717) is 11.3 Å². The Hall–Kier alpha value is -0.570. The number of nitrogens with zero attached hydrogens (tertiary/aromatic N) is 3. The van der Waals surface area contributed by atoms with Crippen LogP contribution in [0.2, 0.25) is 0 Å². The molecule has 0 N–H and O–H groups in total. The van der Waals surface area contributed by atoms with E-state index in [1.54, 1.807) is 6.33 Å². The SMILES string of the molecule is CC(C)Cn1ncnc1CCC(Cl)C1CC1. The zero-order valence-corrected chi connectivity index (χ0v) is 10.8. The summed E-state index contributed by atoms with van der Waals surface area (Å²) >= 11 is 6.30. The van der Waals surface area contributed by atoms with Crippen LogP contribution in [0.1, 0.15) is 38.9 Å². The van der Waals surface area contributed by atoms with Crippen molar-refractivity contribution < 1.29 is 0 Å². The van der Waals surface area contributed by atoms with Crippen LogP contribution in [0.3, 0.4) is 0 Å². The van der Waals surface area contributed by atoms with Gasteiger partial charge in [-0.2, -0.15) is 5.10 Å². The number of hydrogen-bond donors (Lipinski definition) is 0. The lowest BCUT2D eigenvalue weighted by Crippen LogP contribution is -2.12. The molecule has 0 aromatic carbocycles. The van der Waals surface area contributed by atoms with E-state index in [2.05, 4.69) is 23.9 Å². The first-order valence-electron chi connectivity index (χ1n) is 6.17. The van der Waals surface area contributed by atoms with E-state index in [9.17, 15) is 0 Å². The lowest BCUT2D eigenvalue weighted by atomic mass is 10.1. The lowest BCUT2D eigenvalue weighted by molar-refractivity contribution is 0.461. The second-order valence-electron chi connectivity index (χ2n) is 5.14. The minimum atomic E-state index is 0.337. The van der Waals surface area contributed by atoms with Crippen LogP contribution in [-0.2, 0) is 13.0 Å². The van der Waals surface area contributed by atoms with E-state index in [4.69, 9.17) is 11.6 Å². The smallest absolute Gasteiger partial charge is 0.138 e. The summed E-state index contributed by atoms with van der Waals surface area (Å²) in [6, 6.07) is 0. The molecule has 2 rings (SSSR count). The molecule has 1 atom stereocenters. The van der Waals surface area contributed by atoms with Crippen molar-refractivity contribution in [1.29, 1.82) is 0 Å². The van der Waals surface area contributed by atoms with Gasteiger partial charge < -0.3 is 0 Å². The van der Waals surface area contributed by atoms with Crippen molar-refractivity contribution in [2.24, 2.45) is 11.8 Å². The van der Waals surface area contributed by atoms with E-state index >= 15 is 0 Å². The van der Waals surface area contributed by atoms with Crippen molar-refractivity contribution in [2.75, 3.05) is 0 Å². The van der Waals surface area contributed by atoms with Crippen LogP contribution in [0.15, 0.2) is 6.33 Å². The summed E-state index contributed by atoms with van der Waals surface area (Å²) in [4.78, 5) is 4.31. The van der Waals surface area contributed by atoms with Crippen LogP contribution in [0.5, 0.6) is 0 Å². The van der Waals surface area contributed by atoms with Gasteiger partial charge in [-0.25, -0.2) is 9.67 Å². The fourth-order valence-corrected chi connectivity index (χ4v) is 2.30. The largest absolute Gasteiger partial charge is 0.250 e. The molecule has 4 heteroatoms. The van der Waals surface area contributed by atoms with Gasteiger partial charge in [0.05, 0.1) is 0 Å². The third kappa shape index (κ3) is 3.21. The quantitative estimate of drug-likeness (QED) is 0.717. The monoisotopic (exact) mass is 241 g/mol. The molecule has 0 radical (unpaired) electrons. The van der Waals surface area contributed by atoms with Gasteiger partial charge >= 0.3 is 0 Å². The van der Waals surface area contributed by atoms with E-state index in [1.807, 2.05) is 4.68 Å². The maximum atomic E-state index is 6.30. The molecular formula is C12H20ClN3. The summed E-state index contributed by atoms with van der Waals surface area (Å²) in [5, 5.41) is 4.59. The van der Waals surface area contributed by atoms with Gasteiger partial charge in [-0.1, -0.05) is 13.8 Å². The first-order valence-corrected chi connectivity index (χ1v) is 6.61. The molecule has 1 aromatic rings. The Kier molecular flexibility index (Phi) is 3.85. The molecule has 0 bridgehead atoms. The molecule has 1 saturated carbocycles. The second-order valence-corrected chi connectivity index (χ2v) is 5.70. The fraction of sp³-hybridized carbons (Fsp3) is 0.833. The molecule has 1 aromatic heterocycles. The van der Waals surface area contributed by atoms with Crippen LogP contribution in [0.4, 0.5) is 0 Å². The van der Waals surface area contributed by atoms with Crippen LogP contribution in [0, 0.1) is 11.8 Å². The van der Waals surface area contributed by atoms with Crippen LogP contribution in [-0.4, -0.2) is 20.1 Å². The summed E-state index contributed by atoms with van der Waals surface area (Å²) < 4.78 is 2.02. The molecule has 90 valence electrons. The van der Waals surface area contributed by atoms with Crippen molar-refractivity contribution >= 4 is 11.6 Å². The van der Waals surface area contributed by atoms with E-state index in [-0.39, 0.29) is 0 Å². The molecule has 1 heterocycles. The highest BCUT2D eigenvalue weighted by Crippen LogP contribution is 2.37. The number of alkyl halides is 1. The Morgan fingerprint density at radius 1 is 1.50 bits per heavy atom. The van der Waals surface area contributed by atoms with Crippen molar-refractivity contribution in [3.63, 3.8) is 0 Å². The topological polar surface area (TPSA) is 30.7 Å². The number of rotatable bonds is 6. The maximum Gasteiger partial charge on any atom is 0.138 e. The molecule has 0 amide bonds. The predicted octanol–water partition coefficient (Wildman–Crippen LogP) is 2.88. The minimum absolute atomic E-state index is 0.337. The number of aryl methyl sites for hydroxylation is 1. The summed E-state index contributed by atoms with van der Waals surface area (Å²) in [6.07, 6.45) is 6.26. The summed E-state index contributed by atoms with van der Waals surface area (Å²) in [5.74, 6) is 2.46. The lowest BCUT2D eigenvalue weighted by Gasteiger charge is -2.10. The molecule has 1 aliphatic rings. The van der Waals surface area contributed by atoms with Crippen LogP contribution in [0.25, 0.3) is 0 Å². The molecule has 1 unspecified atom stereocenters. The van der Waals surface area contributed by atoms with Gasteiger partial charge in [0.15, 0.2) is 0 Å². The van der Waals surface area contributed by atoms with Gasteiger partial charge in [-0.3, -0.25) is 0 Å². The minimum Gasteiger partial charge on any atom is -0.250 e. The standard InChI is InChI=1S/C12H20ClN3/c1-9(2)7-16-12(14-8-15-16)6-5-11(13)10-3-4-10/h8-11H,3-7H2,1-2H3. The highest BCUT2D eigenvalue weighted by molar-refractivity contribution is 6.20. The summed E-state index contributed by atoms with van der Waals surface area (Å²) in [5.41, 5.74) is 0. The number of aromatic nitrogens is 3. The molecule has 3 nitrogen and oxygen atoms in total. The first kappa shape index (κ1) is 11.9. The van der Waals surface area contributed by atoms with Gasteiger partial charge in [0.2, 0.25) is 0 Å². The maximum absolute atomic E-state index is 6.30. The van der Waals surface area contributed by atoms with Crippen molar-refractivity contribution in [3.05, 3.63) is 12.2 Å². The van der Waals surface area contributed by atoms with E-state index < -0.39 is 0 Å². The van der Waals surface area contributed by atoms with Crippen LogP contribution >= 0.6 is 11.6 Å². The van der Waals surface area contributed by atoms with Crippen LogP contribution < -0.4 is 0 Å². The molecular weight excluding hydrogens is 222 g/mol. The molecule has 0 saturated heterocycles. The summed E-state index contributed by atoms with van der Waals surface area (Å²) in [7, 11) is 0. The Labute approximate surface area is 102 Å². The molecule has 0 spiro atoms. The molecule has 16 heavy (non-hydrogen) atoms. The Morgan fingerprint density at radius 3 is 2.88 bits per heavy atom. The highest BCUT2D eigenvalue weighted by Gasteiger charge is 2.29. The Balaban J connectivity index is 1.85. The third-order valence-corrected chi connectivity index (χ3v) is 3.59. The number of halogens is 1. The zero-order chi connectivity index (χ0) is 11.5. The molecule has 1 aliphatic carbocycles. The Morgan fingerprint density at radius 2 is 2.25 bits per heavy atom. The van der Waals surface area contributed by atoms with Gasteiger partial charge in [0, 0.05) is 18.3 Å². The zero-order valence-electron chi connectivity index (χ0n) is 10.1. The van der Waals surface area contributed by atoms with Crippen molar-refractivity contribution in [3.8, 4) is 0 Å². The fourth-order valence-electron chi connectivity index (χ4n) is 1.94. The van der Waals surface area contributed by atoms with Crippen molar-refractivity contribution in [1.82, 2.24) is 14.8 Å². The van der Waals surface area contributed by atoms with Gasteiger partial charge in [0.25, 0.3) is 0 Å². The second kappa shape index (κ2) is 5.17. The molecule has 0 aliphatic heterocycles. The van der Waals surface area contributed by atoms with E-state index in [0.717, 1.165) is 31.1 Å². The normalized spacial score (nSPS) is 18.0. The summed E-state index contributed by atoms with van der Waals surface area (Å²) in [6.45, 7) is 5.34. The Bertz CT molecular complexity index is 331. The third-order valence-electron chi connectivity index (χ3n) is 3.01. The average molecular weight is 242 g/mol. The molecule has 1 fully saturated rings. The average Bonchev–Trinajstić information content (AvgIpc) is 2.98. The highest BCUT2D eigenvalue weighted by atomic mass is 35.5. The van der Waals surface area contributed by atoms with Gasteiger partial charge in [0.1, 0.15) is 12.2 Å². The van der Waals surface area contributed by atoms with E-state index in [1.165, 1.54) is 12.8 Å². The van der Waals surface area contributed by atoms with Gasteiger partial charge in [-0.15, -0.1) is 11.6 Å². The number of hydrogen-bond acceptors (Lipinski definition) is 2.